The number of aromatic nitrogens is 2. The zero-order valence-electron chi connectivity index (χ0n) is 16.4. The second-order valence-electron chi connectivity index (χ2n) is 6.71. The van der Waals surface area contributed by atoms with Crippen molar-refractivity contribution in [2.75, 3.05) is 11.6 Å². The van der Waals surface area contributed by atoms with Gasteiger partial charge in [-0.2, -0.15) is 0 Å². The van der Waals surface area contributed by atoms with E-state index < -0.39 is 5.69 Å². The molecule has 30 heavy (non-hydrogen) atoms. The molecule has 4 aromatic rings. The van der Waals surface area contributed by atoms with E-state index in [2.05, 4.69) is 5.32 Å². The summed E-state index contributed by atoms with van der Waals surface area (Å²) < 4.78 is 2.94. The van der Waals surface area contributed by atoms with Crippen LogP contribution >= 0.6 is 23.1 Å². The van der Waals surface area contributed by atoms with Crippen LogP contribution in [0.1, 0.15) is 5.56 Å². The van der Waals surface area contributed by atoms with Crippen molar-refractivity contribution in [1.29, 1.82) is 0 Å². The molecule has 152 valence electrons. The van der Waals surface area contributed by atoms with Crippen molar-refractivity contribution in [1.82, 2.24) is 9.13 Å². The Morgan fingerprint density at radius 1 is 1.10 bits per heavy atom. The smallest absolute Gasteiger partial charge is 0.324 e. The van der Waals surface area contributed by atoms with Crippen LogP contribution in [0.25, 0.3) is 15.9 Å². The summed E-state index contributed by atoms with van der Waals surface area (Å²) >= 11 is 2.84. The number of amides is 1. The Bertz CT molecular complexity index is 1370. The van der Waals surface area contributed by atoms with Crippen molar-refractivity contribution in [3.8, 4) is 5.69 Å². The van der Waals surface area contributed by atoms with Crippen molar-refractivity contribution in [3.05, 3.63) is 86.4 Å². The second kappa shape index (κ2) is 8.33. The molecule has 2 aromatic carbocycles. The van der Waals surface area contributed by atoms with Gasteiger partial charge in [0.1, 0.15) is 11.2 Å². The molecular weight excluding hydrogens is 418 g/mol. The number of fused-ring (bicyclic) bond motifs is 1. The van der Waals surface area contributed by atoms with Crippen molar-refractivity contribution in [3.63, 3.8) is 0 Å². The van der Waals surface area contributed by atoms with Gasteiger partial charge in [0.15, 0.2) is 0 Å². The fraction of sp³-hybridized carbons (Fsp3) is 0.136. The first-order valence-corrected chi connectivity index (χ1v) is 11.3. The number of nitrogens with zero attached hydrogens (tertiary/aromatic N) is 2. The molecule has 0 saturated heterocycles. The van der Waals surface area contributed by atoms with Gasteiger partial charge in [-0.1, -0.05) is 24.3 Å². The molecule has 0 fully saturated rings. The SMILES string of the molecule is CSc1cccc(NC(=O)Cn2c(=O)n(-c3ccccc3C)c(=O)c3sccc32)c1. The monoisotopic (exact) mass is 437 g/mol. The number of carbonyl (C=O) groups is 1. The Morgan fingerprint density at radius 3 is 2.67 bits per heavy atom. The van der Waals surface area contributed by atoms with Crippen LogP contribution in [0.5, 0.6) is 0 Å². The second-order valence-corrected chi connectivity index (χ2v) is 8.51. The molecule has 0 aliphatic carbocycles. The molecule has 0 atom stereocenters. The van der Waals surface area contributed by atoms with E-state index in [1.807, 2.05) is 43.5 Å². The van der Waals surface area contributed by atoms with Gasteiger partial charge in [0.25, 0.3) is 5.56 Å². The summed E-state index contributed by atoms with van der Waals surface area (Å²) in [6, 6.07) is 16.4. The minimum absolute atomic E-state index is 0.193. The number of aryl methyl sites for hydroxylation is 1. The number of para-hydroxylation sites is 1. The first-order chi connectivity index (χ1) is 14.5. The predicted octanol–water partition coefficient (Wildman–Crippen LogP) is 3.88. The molecule has 0 radical (unpaired) electrons. The Balaban J connectivity index is 1.78. The van der Waals surface area contributed by atoms with Crippen molar-refractivity contribution < 1.29 is 4.79 Å². The zero-order valence-corrected chi connectivity index (χ0v) is 18.0. The maximum atomic E-state index is 13.3. The third-order valence-corrected chi connectivity index (χ3v) is 6.38. The van der Waals surface area contributed by atoms with Crippen LogP contribution < -0.4 is 16.6 Å². The lowest BCUT2D eigenvalue weighted by molar-refractivity contribution is -0.116. The molecule has 0 saturated carbocycles. The fourth-order valence-electron chi connectivity index (χ4n) is 3.31. The minimum Gasteiger partial charge on any atom is -0.324 e. The van der Waals surface area contributed by atoms with Crippen molar-refractivity contribution in [2.45, 2.75) is 18.4 Å². The van der Waals surface area contributed by atoms with Gasteiger partial charge in [-0.3, -0.25) is 14.2 Å². The lowest BCUT2D eigenvalue weighted by Gasteiger charge is -2.14. The number of benzene rings is 2. The van der Waals surface area contributed by atoms with Crippen LogP contribution in [-0.4, -0.2) is 21.3 Å². The summed E-state index contributed by atoms with van der Waals surface area (Å²) in [6.45, 7) is 1.65. The molecule has 2 aromatic heterocycles. The van der Waals surface area contributed by atoms with E-state index in [4.69, 9.17) is 0 Å². The fourth-order valence-corrected chi connectivity index (χ4v) is 4.60. The molecule has 0 bridgehead atoms. The van der Waals surface area contributed by atoms with E-state index in [1.165, 1.54) is 15.9 Å². The van der Waals surface area contributed by atoms with Crippen LogP contribution in [0.2, 0.25) is 0 Å². The van der Waals surface area contributed by atoms with Gasteiger partial charge in [0, 0.05) is 10.6 Å². The van der Waals surface area contributed by atoms with Gasteiger partial charge >= 0.3 is 5.69 Å². The normalized spacial score (nSPS) is 11.0. The maximum Gasteiger partial charge on any atom is 0.336 e. The number of thiophene rings is 1. The molecule has 0 spiro atoms. The average Bonchev–Trinajstić information content (AvgIpc) is 3.23. The van der Waals surface area contributed by atoms with Crippen molar-refractivity contribution in [2.24, 2.45) is 0 Å². The van der Waals surface area contributed by atoms with Gasteiger partial charge in [-0.15, -0.1) is 23.1 Å². The highest BCUT2D eigenvalue weighted by molar-refractivity contribution is 7.98. The number of carbonyl (C=O) groups excluding carboxylic acids is 1. The number of anilines is 1. The topological polar surface area (TPSA) is 73.1 Å². The Labute approximate surface area is 180 Å². The van der Waals surface area contributed by atoms with Gasteiger partial charge in [-0.25, -0.2) is 9.36 Å². The Kier molecular flexibility index (Phi) is 5.61. The maximum absolute atomic E-state index is 13.3. The van der Waals surface area contributed by atoms with Gasteiger partial charge in [0.05, 0.1) is 11.2 Å². The Morgan fingerprint density at radius 2 is 1.90 bits per heavy atom. The highest BCUT2D eigenvalue weighted by Gasteiger charge is 2.18. The summed E-state index contributed by atoms with van der Waals surface area (Å²) in [7, 11) is 0. The summed E-state index contributed by atoms with van der Waals surface area (Å²) in [5.41, 5.74) is 1.54. The van der Waals surface area contributed by atoms with Gasteiger partial charge in [-0.05, 0) is 54.5 Å². The molecule has 8 heteroatoms. The third kappa shape index (κ3) is 3.71. The van der Waals surface area contributed by atoms with E-state index in [-0.39, 0.29) is 18.0 Å². The molecular formula is C22H19N3O3S2. The molecule has 0 aliphatic heterocycles. The van der Waals surface area contributed by atoms with Crippen LogP contribution in [0.4, 0.5) is 5.69 Å². The molecule has 1 amide bonds. The third-order valence-electron chi connectivity index (χ3n) is 4.77. The number of hydrogen-bond acceptors (Lipinski definition) is 5. The molecule has 6 nitrogen and oxygen atoms in total. The van der Waals surface area contributed by atoms with Crippen LogP contribution in [0.3, 0.4) is 0 Å². The minimum atomic E-state index is -0.534. The first-order valence-electron chi connectivity index (χ1n) is 9.22. The molecule has 0 aliphatic rings. The summed E-state index contributed by atoms with van der Waals surface area (Å²) in [4.78, 5) is 40.1. The van der Waals surface area contributed by atoms with Crippen molar-refractivity contribution >= 4 is 44.9 Å². The lowest BCUT2D eigenvalue weighted by atomic mass is 10.2. The highest BCUT2D eigenvalue weighted by Crippen LogP contribution is 2.20. The van der Waals surface area contributed by atoms with Gasteiger partial charge < -0.3 is 5.32 Å². The van der Waals surface area contributed by atoms with E-state index in [0.29, 0.717) is 21.6 Å². The summed E-state index contributed by atoms with van der Waals surface area (Å²) in [5.74, 6) is -0.335. The van der Waals surface area contributed by atoms with E-state index in [0.717, 1.165) is 15.0 Å². The number of hydrogen-bond donors (Lipinski definition) is 1. The first kappa shape index (κ1) is 20.2. The van der Waals surface area contributed by atoms with Crippen LogP contribution in [-0.2, 0) is 11.3 Å². The van der Waals surface area contributed by atoms with Gasteiger partial charge in [0.2, 0.25) is 5.91 Å². The summed E-state index contributed by atoms with van der Waals surface area (Å²) in [6.07, 6.45) is 1.96. The van der Waals surface area contributed by atoms with E-state index >= 15 is 0 Å². The lowest BCUT2D eigenvalue weighted by Crippen LogP contribution is -2.40. The number of nitrogens with one attached hydrogen (secondary N) is 1. The Hall–Kier alpha value is -3.10. The van der Waals surface area contributed by atoms with Crippen LogP contribution in [0.15, 0.2) is 74.5 Å². The largest absolute Gasteiger partial charge is 0.336 e. The highest BCUT2D eigenvalue weighted by atomic mass is 32.2. The number of rotatable bonds is 5. The number of thioether (sulfide) groups is 1. The molecule has 2 heterocycles. The molecule has 0 unspecified atom stereocenters. The quantitative estimate of drug-likeness (QED) is 0.481. The van der Waals surface area contributed by atoms with Crippen LogP contribution in [0, 0.1) is 6.92 Å². The standard InChI is InChI=1S/C22H19N3O3S2/c1-14-6-3-4-9-17(14)25-21(27)20-18(10-11-30-20)24(22(25)28)13-19(26)23-15-7-5-8-16(12-15)29-2/h3-12H,13H2,1-2H3,(H,23,26). The van der Waals surface area contributed by atoms with E-state index in [1.54, 1.807) is 41.4 Å². The summed E-state index contributed by atoms with van der Waals surface area (Å²) in [5, 5.41) is 4.59. The molecule has 4 rings (SSSR count). The predicted molar refractivity (Wildman–Crippen MR) is 123 cm³/mol. The zero-order chi connectivity index (χ0) is 21.3. The van der Waals surface area contributed by atoms with E-state index in [9.17, 15) is 14.4 Å². The average molecular weight is 438 g/mol. The molecule has 1 N–H and O–H groups in total.